The number of aromatic nitrogens is 2. The fraction of sp³-hybridized carbons (Fsp3) is 0.238. The summed E-state index contributed by atoms with van der Waals surface area (Å²) in [5, 5.41) is 3.93. The largest absolute Gasteiger partial charge is 0.462 e. The summed E-state index contributed by atoms with van der Waals surface area (Å²) in [4.78, 5) is 40.7. The molecular weight excluding hydrogens is 390 g/mol. The summed E-state index contributed by atoms with van der Waals surface area (Å²) in [6, 6.07) is 13.7. The molecule has 0 aliphatic heterocycles. The molecule has 1 N–H and O–H groups in total. The molecule has 29 heavy (non-hydrogen) atoms. The number of hydrogen-bond donors (Lipinski definition) is 1. The van der Waals surface area contributed by atoms with Gasteiger partial charge in [0.25, 0.3) is 5.56 Å². The van der Waals surface area contributed by atoms with Crippen LogP contribution in [0.2, 0.25) is 0 Å². The SMILES string of the molecule is CCOC(=O)c1ccc(NC(=O)CCSc2nc3ccccc3c(=O)n2C)cc1. The minimum absolute atomic E-state index is 0.107. The van der Waals surface area contributed by atoms with Crippen LogP contribution in [0.3, 0.4) is 0 Å². The number of nitrogens with zero attached hydrogens (tertiary/aromatic N) is 2. The molecule has 0 radical (unpaired) electrons. The Labute approximate surface area is 172 Å². The number of fused-ring (bicyclic) bond motifs is 1. The Bertz CT molecular complexity index is 1090. The van der Waals surface area contributed by atoms with E-state index in [9.17, 15) is 14.4 Å². The van der Waals surface area contributed by atoms with Gasteiger partial charge in [-0.2, -0.15) is 0 Å². The molecule has 8 heteroatoms. The van der Waals surface area contributed by atoms with Crippen molar-refractivity contribution in [1.29, 1.82) is 0 Å². The van der Waals surface area contributed by atoms with E-state index in [4.69, 9.17) is 4.74 Å². The molecule has 0 spiro atoms. The number of ether oxygens (including phenoxy) is 1. The van der Waals surface area contributed by atoms with Gasteiger partial charge in [0.15, 0.2) is 5.16 Å². The summed E-state index contributed by atoms with van der Waals surface area (Å²) in [7, 11) is 1.68. The van der Waals surface area contributed by atoms with Crippen molar-refractivity contribution in [3.63, 3.8) is 0 Å². The van der Waals surface area contributed by atoms with Crippen molar-refractivity contribution < 1.29 is 14.3 Å². The lowest BCUT2D eigenvalue weighted by molar-refractivity contribution is -0.115. The molecule has 1 amide bonds. The Kier molecular flexibility index (Phi) is 6.66. The second-order valence-electron chi connectivity index (χ2n) is 6.22. The molecule has 150 valence electrons. The molecule has 0 bridgehead atoms. The molecule has 3 aromatic rings. The van der Waals surface area contributed by atoms with Gasteiger partial charge in [-0.25, -0.2) is 9.78 Å². The van der Waals surface area contributed by atoms with E-state index in [2.05, 4.69) is 10.3 Å². The molecule has 7 nitrogen and oxygen atoms in total. The van der Waals surface area contributed by atoms with E-state index >= 15 is 0 Å². The number of anilines is 1. The maximum Gasteiger partial charge on any atom is 0.338 e. The fourth-order valence-corrected chi connectivity index (χ4v) is 3.60. The van der Waals surface area contributed by atoms with E-state index in [1.807, 2.05) is 12.1 Å². The maximum absolute atomic E-state index is 12.4. The van der Waals surface area contributed by atoms with Gasteiger partial charge < -0.3 is 10.1 Å². The molecule has 0 aliphatic rings. The number of carbonyl (C=O) groups is 2. The minimum Gasteiger partial charge on any atom is -0.462 e. The van der Waals surface area contributed by atoms with Gasteiger partial charge in [-0.1, -0.05) is 23.9 Å². The number of rotatable bonds is 7. The number of benzene rings is 2. The van der Waals surface area contributed by atoms with Gasteiger partial charge in [0.05, 0.1) is 23.1 Å². The average molecular weight is 411 g/mol. The van der Waals surface area contributed by atoms with Gasteiger partial charge in [-0.3, -0.25) is 14.2 Å². The van der Waals surface area contributed by atoms with Crippen molar-refractivity contribution in [2.24, 2.45) is 7.05 Å². The first-order valence-electron chi connectivity index (χ1n) is 9.15. The van der Waals surface area contributed by atoms with E-state index in [0.29, 0.717) is 39.7 Å². The highest BCUT2D eigenvalue weighted by atomic mass is 32.2. The molecule has 2 aromatic carbocycles. The van der Waals surface area contributed by atoms with Crippen LogP contribution >= 0.6 is 11.8 Å². The standard InChI is InChI=1S/C21H21N3O4S/c1-3-28-20(27)14-8-10-15(11-9-14)22-18(25)12-13-29-21-23-17-7-5-4-6-16(17)19(26)24(21)2/h4-11H,3,12-13H2,1-2H3,(H,22,25). The quantitative estimate of drug-likeness (QED) is 0.365. The minimum atomic E-state index is -0.393. The molecule has 0 fully saturated rings. The van der Waals surface area contributed by atoms with Gasteiger partial charge in [0, 0.05) is 24.9 Å². The van der Waals surface area contributed by atoms with Crippen LogP contribution in [0.5, 0.6) is 0 Å². The number of amides is 1. The molecule has 0 saturated heterocycles. The fourth-order valence-electron chi connectivity index (χ4n) is 2.69. The first-order chi connectivity index (χ1) is 14.0. The van der Waals surface area contributed by atoms with Gasteiger partial charge in [0.1, 0.15) is 0 Å². The third kappa shape index (κ3) is 5.03. The Morgan fingerprint density at radius 3 is 2.59 bits per heavy atom. The number of hydrogen-bond acceptors (Lipinski definition) is 6. The molecular formula is C21H21N3O4S. The van der Waals surface area contributed by atoms with E-state index in [1.165, 1.54) is 16.3 Å². The number of thioether (sulfide) groups is 1. The van der Waals surface area contributed by atoms with Gasteiger partial charge in [0.2, 0.25) is 5.91 Å². The summed E-state index contributed by atoms with van der Waals surface area (Å²) >= 11 is 1.36. The van der Waals surface area contributed by atoms with Crippen LogP contribution in [0.4, 0.5) is 5.69 Å². The van der Waals surface area contributed by atoms with Crippen LogP contribution in [0.1, 0.15) is 23.7 Å². The number of nitrogens with one attached hydrogen (secondary N) is 1. The number of carbonyl (C=O) groups excluding carboxylic acids is 2. The zero-order valence-electron chi connectivity index (χ0n) is 16.2. The van der Waals surface area contributed by atoms with Crippen molar-refractivity contribution in [3.8, 4) is 0 Å². The Morgan fingerprint density at radius 2 is 1.86 bits per heavy atom. The predicted molar refractivity (Wildman–Crippen MR) is 113 cm³/mol. The molecule has 1 aromatic heterocycles. The maximum atomic E-state index is 12.4. The zero-order valence-corrected chi connectivity index (χ0v) is 17.0. The zero-order chi connectivity index (χ0) is 20.8. The first kappa shape index (κ1) is 20.6. The van der Waals surface area contributed by atoms with Crippen LogP contribution < -0.4 is 10.9 Å². The summed E-state index contributed by atoms with van der Waals surface area (Å²) in [5.41, 5.74) is 1.57. The highest BCUT2D eigenvalue weighted by Crippen LogP contribution is 2.18. The van der Waals surface area contributed by atoms with Gasteiger partial charge in [-0.05, 0) is 43.3 Å². The second-order valence-corrected chi connectivity index (χ2v) is 7.28. The molecule has 0 atom stereocenters. The molecule has 1 heterocycles. The van der Waals surface area contributed by atoms with Crippen molar-refractivity contribution in [2.45, 2.75) is 18.5 Å². The lowest BCUT2D eigenvalue weighted by atomic mass is 10.2. The lowest BCUT2D eigenvalue weighted by Gasteiger charge is -2.09. The molecule has 0 unspecified atom stereocenters. The summed E-state index contributed by atoms with van der Waals surface area (Å²) in [6.07, 6.45) is 0.257. The monoisotopic (exact) mass is 411 g/mol. The third-order valence-electron chi connectivity index (χ3n) is 4.18. The van der Waals surface area contributed by atoms with Crippen LogP contribution in [0, 0.1) is 0 Å². The number of esters is 1. The summed E-state index contributed by atoms with van der Waals surface area (Å²) in [6.45, 7) is 2.06. The smallest absolute Gasteiger partial charge is 0.338 e. The molecule has 0 saturated carbocycles. The van der Waals surface area contributed by atoms with Crippen molar-refractivity contribution in [1.82, 2.24) is 9.55 Å². The number of para-hydroxylation sites is 1. The Morgan fingerprint density at radius 1 is 1.14 bits per heavy atom. The predicted octanol–water partition coefficient (Wildman–Crippen LogP) is 3.23. The van der Waals surface area contributed by atoms with Crippen LogP contribution in [0.25, 0.3) is 10.9 Å². The van der Waals surface area contributed by atoms with Crippen LogP contribution in [-0.2, 0) is 16.6 Å². The van der Waals surface area contributed by atoms with Gasteiger partial charge >= 0.3 is 5.97 Å². The van der Waals surface area contributed by atoms with Crippen LogP contribution in [0.15, 0.2) is 58.5 Å². The second kappa shape index (κ2) is 9.38. The summed E-state index contributed by atoms with van der Waals surface area (Å²) in [5.74, 6) is -0.0757. The summed E-state index contributed by atoms with van der Waals surface area (Å²) < 4.78 is 6.43. The highest BCUT2D eigenvalue weighted by molar-refractivity contribution is 7.99. The van der Waals surface area contributed by atoms with Gasteiger partial charge in [-0.15, -0.1) is 0 Å². The van der Waals surface area contributed by atoms with E-state index < -0.39 is 5.97 Å². The topological polar surface area (TPSA) is 90.3 Å². The Hall–Kier alpha value is -3.13. The van der Waals surface area contributed by atoms with E-state index in [-0.39, 0.29) is 17.9 Å². The highest BCUT2D eigenvalue weighted by Gasteiger charge is 2.10. The van der Waals surface area contributed by atoms with Crippen molar-refractivity contribution >= 4 is 40.2 Å². The van der Waals surface area contributed by atoms with Crippen LogP contribution in [-0.4, -0.2) is 33.8 Å². The molecule has 0 aliphatic carbocycles. The lowest BCUT2D eigenvalue weighted by Crippen LogP contribution is -2.20. The van der Waals surface area contributed by atoms with Crippen molar-refractivity contribution in [2.75, 3.05) is 17.7 Å². The normalized spacial score (nSPS) is 10.7. The van der Waals surface area contributed by atoms with Crippen molar-refractivity contribution in [3.05, 3.63) is 64.4 Å². The van der Waals surface area contributed by atoms with E-state index in [0.717, 1.165) is 0 Å². The molecule has 3 rings (SSSR count). The Balaban J connectivity index is 1.56. The average Bonchev–Trinajstić information content (AvgIpc) is 2.72. The third-order valence-corrected chi connectivity index (χ3v) is 5.21. The van der Waals surface area contributed by atoms with E-state index in [1.54, 1.807) is 50.4 Å². The first-order valence-corrected chi connectivity index (χ1v) is 10.1.